The van der Waals surface area contributed by atoms with Crippen LogP contribution in [0.5, 0.6) is 0 Å². The highest BCUT2D eigenvalue weighted by Gasteiger charge is 2.07. The Kier molecular flexibility index (Phi) is 17.5. The standard InChI is InChI=1S/C14H30O7/c1-3-20-14(21-4-2)13-19-12-11-18-10-9-17-8-7-16-6-5-15/h14-15H,3-13H2,1-2H3. The fourth-order valence-corrected chi connectivity index (χ4v) is 1.42. The number of rotatable bonds is 17. The van der Waals surface area contributed by atoms with Gasteiger partial charge in [0.05, 0.1) is 59.5 Å². The van der Waals surface area contributed by atoms with Crippen molar-refractivity contribution in [2.75, 3.05) is 72.7 Å². The second-order valence-corrected chi connectivity index (χ2v) is 3.98. The topological polar surface area (TPSA) is 75.6 Å². The fourth-order valence-electron chi connectivity index (χ4n) is 1.42. The van der Waals surface area contributed by atoms with E-state index in [2.05, 4.69) is 0 Å². The van der Waals surface area contributed by atoms with Crippen molar-refractivity contribution in [2.24, 2.45) is 0 Å². The number of ether oxygens (including phenoxy) is 6. The van der Waals surface area contributed by atoms with Crippen molar-refractivity contribution in [1.82, 2.24) is 0 Å². The molecule has 0 saturated heterocycles. The van der Waals surface area contributed by atoms with E-state index in [4.69, 9.17) is 33.5 Å². The number of aliphatic hydroxyl groups is 1. The summed E-state index contributed by atoms with van der Waals surface area (Å²) in [4.78, 5) is 0. The lowest BCUT2D eigenvalue weighted by Gasteiger charge is -2.16. The molecule has 0 spiro atoms. The Labute approximate surface area is 127 Å². The maximum Gasteiger partial charge on any atom is 0.180 e. The molecule has 1 N–H and O–H groups in total. The first kappa shape index (κ1) is 20.7. The van der Waals surface area contributed by atoms with Gasteiger partial charge in [-0.2, -0.15) is 0 Å². The molecule has 0 atom stereocenters. The highest BCUT2D eigenvalue weighted by atomic mass is 16.7. The van der Waals surface area contributed by atoms with Gasteiger partial charge in [0.15, 0.2) is 6.29 Å². The zero-order chi connectivity index (χ0) is 15.6. The average molecular weight is 310 g/mol. The van der Waals surface area contributed by atoms with E-state index in [1.807, 2.05) is 13.8 Å². The molecule has 0 aliphatic carbocycles. The molecule has 0 unspecified atom stereocenters. The van der Waals surface area contributed by atoms with Gasteiger partial charge in [-0.25, -0.2) is 0 Å². The van der Waals surface area contributed by atoms with Gasteiger partial charge in [-0.3, -0.25) is 0 Å². The SMILES string of the molecule is CCOC(COCCOCCOCCOCCO)OCC. The summed E-state index contributed by atoms with van der Waals surface area (Å²) in [7, 11) is 0. The smallest absolute Gasteiger partial charge is 0.180 e. The van der Waals surface area contributed by atoms with Crippen LogP contribution < -0.4 is 0 Å². The molecule has 0 amide bonds. The van der Waals surface area contributed by atoms with Crippen LogP contribution in [0.25, 0.3) is 0 Å². The van der Waals surface area contributed by atoms with Crippen molar-refractivity contribution < 1.29 is 33.5 Å². The summed E-state index contributed by atoms with van der Waals surface area (Å²) in [5.41, 5.74) is 0. The van der Waals surface area contributed by atoms with E-state index < -0.39 is 0 Å². The van der Waals surface area contributed by atoms with Crippen molar-refractivity contribution in [3.63, 3.8) is 0 Å². The first-order valence-electron chi connectivity index (χ1n) is 7.50. The molecule has 7 heteroatoms. The van der Waals surface area contributed by atoms with Crippen LogP contribution in [-0.4, -0.2) is 84.1 Å². The normalized spacial score (nSPS) is 11.4. The molecule has 0 rings (SSSR count). The lowest BCUT2D eigenvalue weighted by molar-refractivity contribution is -0.169. The molecule has 0 radical (unpaired) electrons. The third-order valence-corrected chi connectivity index (χ3v) is 2.31. The van der Waals surface area contributed by atoms with Gasteiger partial charge in [-0.05, 0) is 13.8 Å². The second-order valence-electron chi connectivity index (χ2n) is 3.98. The van der Waals surface area contributed by atoms with Gasteiger partial charge in [-0.15, -0.1) is 0 Å². The van der Waals surface area contributed by atoms with Crippen LogP contribution in [0.3, 0.4) is 0 Å². The van der Waals surface area contributed by atoms with Gasteiger partial charge in [0.2, 0.25) is 0 Å². The van der Waals surface area contributed by atoms with Gasteiger partial charge in [-0.1, -0.05) is 0 Å². The maximum atomic E-state index is 8.49. The Bertz CT molecular complexity index is 186. The van der Waals surface area contributed by atoms with Crippen molar-refractivity contribution >= 4 is 0 Å². The van der Waals surface area contributed by atoms with Gasteiger partial charge >= 0.3 is 0 Å². The minimum absolute atomic E-state index is 0.0383. The third kappa shape index (κ3) is 15.9. The summed E-state index contributed by atoms with van der Waals surface area (Å²) in [5.74, 6) is 0. The minimum atomic E-state index is -0.303. The number of hydrogen-bond donors (Lipinski definition) is 1. The molecule has 0 aromatic rings. The Morgan fingerprint density at radius 2 is 1.10 bits per heavy atom. The predicted octanol–water partition coefficient (Wildman–Crippen LogP) is 0.444. The van der Waals surface area contributed by atoms with Crippen LogP contribution >= 0.6 is 0 Å². The third-order valence-electron chi connectivity index (χ3n) is 2.31. The molecule has 0 aliphatic heterocycles. The summed E-state index contributed by atoms with van der Waals surface area (Å²) in [5, 5.41) is 8.49. The van der Waals surface area contributed by atoms with Crippen LogP contribution in [0.1, 0.15) is 13.8 Å². The summed E-state index contributed by atoms with van der Waals surface area (Å²) in [6, 6.07) is 0. The van der Waals surface area contributed by atoms with Crippen molar-refractivity contribution in [2.45, 2.75) is 20.1 Å². The van der Waals surface area contributed by atoms with Crippen LogP contribution in [0.4, 0.5) is 0 Å². The lowest BCUT2D eigenvalue weighted by atomic mass is 10.6. The molecule has 7 nitrogen and oxygen atoms in total. The predicted molar refractivity (Wildman–Crippen MR) is 77.4 cm³/mol. The summed E-state index contributed by atoms with van der Waals surface area (Å²) >= 11 is 0. The maximum absolute atomic E-state index is 8.49. The van der Waals surface area contributed by atoms with E-state index in [1.54, 1.807) is 0 Å². The first-order valence-corrected chi connectivity index (χ1v) is 7.50. The molecular formula is C14H30O7. The molecule has 0 saturated carbocycles. The zero-order valence-corrected chi connectivity index (χ0v) is 13.3. The van der Waals surface area contributed by atoms with Gasteiger partial charge in [0.1, 0.15) is 0 Å². The number of hydrogen-bond acceptors (Lipinski definition) is 7. The van der Waals surface area contributed by atoms with Gasteiger partial charge in [0, 0.05) is 13.2 Å². The molecule has 0 aliphatic rings. The van der Waals surface area contributed by atoms with Crippen molar-refractivity contribution in [3.05, 3.63) is 0 Å². The van der Waals surface area contributed by atoms with E-state index in [1.165, 1.54) is 0 Å². The van der Waals surface area contributed by atoms with E-state index in [-0.39, 0.29) is 12.9 Å². The van der Waals surface area contributed by atoms with Crippen molar-refractivity contribution in [3.8, 4) is 0 Å². The average Bonchev–Trinajstić information content (AvgIpc) is 2.48. The van der Waals surface area contributed by atoms with E-state index in [0.717, 1.165) is 0 Å². The molecule has 0 bridgehead atoms. The highest BCUT2D eigenvalue weighted by Crippen LogP contribution is 1.96. The molecule has 0 aromatic carbocycles. The Morgan fingerprint density at radius 3 is 1.52 bits per heavy atom. The van der Waals surface area contributed by atoms with E-state index in [0.29, 0.717) is 66.1 Å². The Morgan fingerprint density at radius 1 is 0.667 bits per heavy atom. The molecule has 0 heterocycles. The quantitative estimate of drug-likeness (QED) is 0.309. The summed E-state index contributed by atoms with van der Waals surface area (Å²) < 4.78 is 31.8. The van der Waals surface area contributed by atoms with Crippen LogP contribution in [0, 0.1) is 0 Å². The van der Waals surface area contributed by atoms with Crippen LogP contribution in [-0.2, 0) is 28.4 Å². The lowest BCUT2D eigenvalue weighted by Crippen LogP contribution is -2.24. The highest BCUT2D eigenvalue weighted by molar-refractivity contribution is 4.42. The largest absolute Gasteiger partial charge is 0.394 e. The first-order chi connectivity index (χ1) is 10.3. The fraction of sp³-hybridized carbons (Fsp3) is 1.00. The van der Waals surface area contributed by atoms with E-state index in [9.17, 15) is 0 Å². The molecule has 21 heavy (non-hydrogen) atoms. The number of aliphatic hydroxyl groups excluding tert-OH is 1. The monoisotopic (exact) mass is 310 g/mol. The molecule has 128 valence electrons. The Balaban J connectivity index is 3.17. The van der Waals surface area contributed by atoms with Crippen LogP contribution in [0.2, 0.25) is 0 Å². The molecular weight excluding hydrogens is 280 g/mol. The van der Waals surface area contributed by atoms with E-state index >= 15 is 0 Å². The minimum Gasteiger partial charge on any atom is -0.394 e. The summed E-state index contributed by atoms with van der Waals surface area (Å²) in [6.07, 6.45) is -0.303. The van der Waals surface area contributed by atoms with Gasteiger partial charge < -0.3 is 33.5 Å². The molecule has 0 fully saturated rings. The Hall–Kier alpha value is -0.280. The zero-order valence-electron chi connectivity index (χ0n) is 13.3. The van der Waals surface area contributed by atoms with Gasteiger partial charge in [0.25, 0.3) is 0 Å². The molecule has 0 aromatic heterocycles. The second kappa shape index (κ2) is 17.8. The van der Waals surface area contributed by atoms with Crippen LogP contribution in [0.15, 0.2) is 0 Å². The summed E-state index contributed by atoms with van der Waals surface area (Å²) in [6.45, 7) is 8.87. The van der Waals surface area contributed by atoms with Crippen molar-refractivity contribution in [1.29, 1.82) is 0 Å².